The maximum Gasteiger partial charge on any atom is 0.119 e. The molecule has 3 nitrogen and oxygen atoms in total. The Morgan fingerprint density at radius 3 is 2.74 bits per heavy atom. The summed E-state index contributed by atoms with van der Waals surface area (Å²) in [6.07, 6.45) is 4.62. The molecule has 0 radical (unpaired) electrons. The first-order chi connectivity index (χ1) is 9.29. The molecule has 2 rings (SSSR count). The zero-order chi connectivity index (χ0) is 13.5. The van der Waals surface area contributed by atoms with E-state index in [0.29, 0.717) is 13.0 Å². The van der Waals surface area contributed by atoms with E-state index in [1.54, 1.807) is 12.4 Å². The van der Waals surface area contributed by atoms with Gasteiger partial charge in [-0.05, 0) is 55.2 Å². The van der Waals surface area contributed by atoms with Gasteiger partial charge in [-0.25, -0.2) is 0 Å². The van der Waals surface area contributed by atoms with Crippen molar-refractivity contribution in [1.82, 2.24) is 4.98 Å². The first-order valence-corrected chi connectivity index (χ1v) is 6.59. The largest absolute Gasteiger partial charge is 0.494 e. The molecular weight excluding hydrogens is 238 g/mol. The van der Waals surface area contributed by atoms with Crippen molar-refractivity contribution in [3.63, 3.8) is 0 Å². The third-order valence-corrected chi connectivity index (χ3v) is 3.01. The summed E-state index contributed by atoms with van der Waals surface area (Å²) in [6.45, 7) is 2.59. The molecule has 0 saturated heterocycles. The summed E-state index contributed by atoms with van der Waals surface area (Å²) in [4.78, 5) is 3.98. The van der Waals surface area contributed by atoms with E-state index in [2.05, 4.69) is 4.98 Å². The number of ether oxygens (including phenoxy) is 1. The Bertz CT molecular complexity index is 499. The fourth-order valence-corrected chi connectivity index (χ4v) is 2.00. The molecule has 0 aliphatic heterocycles. The first kappa shape index (κ1) is 13.6. The van der Waals surface area contributed by atoms with Crippen LogP contribution in [0.15, 0.2) is 48.8 Å². The summed E-state index contributed by atoms with van der Waals surface area (Å²) in [7, 11) is 0. The SMILES string of the molecule is CCOc1cccc(C(O)CCc2ccncc2)c1. The van der Waals surface area contributed by atoms with Crippen molar-refractivity contribution in [2.45, 2.75) is 25.9 Å². The summed E-state index contributed by atoms with van der Waals surface area (Å²) in [5, 5.41) is 10.2. The number of aryl methyl sites for hydroxylation is 1. The number of hydrogen-bond acceptors (Lipinski definition) is 3. The molecule has 1 heterocycles. The summed E-state index contributed by atoms with van der Waals surface area (Å²) in [5.41, 5.74) is 2.09. The average molecular weight is 257 g/mol. The molecule has 19 heavy (non-hydrogen) atoms. The second-order valence-corrected chi connectivity index (χ2v) is 4.42. The van der Waals surface area contributed by atoms with Crippen molar-refractivity contribution in [3.05, 3.63) is 59.9 Å². The number of benzene rings is 1. The maximum absolute atomic E-state index is 10.2. The van der Waals surface area contributed by atoms with E-state index in [9.17, 15) is 5.11 Å². The van der Waals surface area contributed by atoms with E-state index < -0.39 is 6.10 Å². The number of pyridine rings is 1. The molecule has 0 amide bonds. The summed E-state index contributed by atoms with van der Waals surface area (Å²) < 4.78 is 5.44. The Labute approximate surface area is 113 Å². The number of aromatic nitrogens is 1. The van der Waals surface area contributed by atoms with Crippen molar-refractivity contribution < 1.29 is 9.84 Å². The highest BCUT2D eigenvalue weighted by atomic mass is 16.5. The molecular formula is C16H19NO2. The van der Waals surface area contributed by atoms with E-state index in [1.165, 1.54) is 5.56 Å². The van der Waals surface area contributed by atoms with Crippen LogP contribution in [0.2, 0.25) is 0 Å². The molecule has 100 valence electrons. The smallest absolute Gasteiger partial charge is 0.119 e. The Hall–Kier alpha value is -1.87. The molecule has 1 aromatic carbocycles. The Balaban J connectivity index is 1.95. The van der Waals surface area contributed by atoms with Gasteiger partial charge >= 0.3 is 0 Å². The minimum Gasteiger partial charge on any atom is -0.494 e. The van der Waals surface area contributed by atoms with Crippen molar-refractivity contribution >= 4 is 0 Å². The molecule has 1 aromatic heterocycles. The van der Waals surface area contributed by atoms with Gasteiger partial charge in [0.25, 0.3) is 0 Å². The van der Waals surface area contributed by atoms with Crippen LogP contribution in [0.25, 0.3) is 0 Å². The number of hydrogen-bond donors (Lipinski definition) is 1. The minimum atomic E-state index is -0.464. The molecule has 0 aliphatic rings. The van der Waals surface area contributed by atoms with Crippen LogP contribution in [0.1, 0.15) is 30.6 Å². The third kappa shape index (κ3) is 4.07. The van der Waals surface area contributed by atoms with E-state index >= 15 is 0 Å². The zero-order valence-corrected chi connectivity index (χ0v) is 11.1. The van der Waals surface area contributed by atoms with Crippen molar-refractivity contribution in [3.8, 4) is 5.75 Å². The van der Waals surface area contributed by atoms with E-state index in [4.69, 9.17) is 4.74 Å². The maximum atomic E-state index is 10.2. The molecule has 0 fully saturated rings. The standard InChI is InChI=1S/C16H19NO2/c1-2-19-15-5-3-4-14(12-15)16(18)7-6-13-8-10-17-11-9-13/h3-5,8-12,16,18H,2,6-7H2,1H3. The molecule has 0 aliphatic carbocycles. The van der Waals surface area contributed by atoms with Crippen LogP contribution >= 0.6 is 0 Å². The summed E-state index contributed by atoms with van der Waals surface area (Å²) in [6, 6.07) is 11.6. The zero-order valence-electron chi connectivity index (χ0n) is 11.1. The van der Waals surface area contributed by atoms with Gasteiger partial charge in [-0.2, -0.15) is 0 Å². The molecule has 2 aromatic rings. The molecule has 3 heteroatoms. The fourth-order valence-electron chi connectivity index (χ4n) is 2.00. The normalized spacial score (nSPS) is 12.1. The predicted molar refractivity (Wildman–Crippen MR) is 75.1 cm³/mol. The second-order valence-electron chi connectivity index (χ2n) is 4.42. The third-order valence-electron chi connectivity index (χ3n) is 3.01. The van der Waals surface area contributed by atoms with Gasteiger partial charge in [-0.15, -0.1) is 0 Å². The van der Waals surface area contributed by atoms with Crippen LogP contribution in [0.5, 0.6) is 5.75 Å². The molecule has 1 atom stereocenters. The first-order valence-electron chi connectivity index (χ1n) is 6.59. The van der Waals surface area contributed by atoms with Gasteiger partial charge in [0.05, 0.1) is 12.7 Å². The van der Waals surface area contributed by atoms with Gasteiger partial charge in [0, 0.05) is 12.4 Å². The van der Waals surface area contributed by atoms with Gasteiger partial charge < -0.3 is 9.84 Å². The van der Waals surface area contributed by atoms with E-state index in [1.807, 2.05) is 43.3 Å². The number of aliphatic hydroxyl groups excluding tert-OH is 1. The van der Waals surface area contributed by atoms with Gasteiger partial charge in [-0.1, -0.05) is 12.1 Å². The van der Waals surface area contributed by atoms with Gasteiger partial charge in [0.15, 0.2) is 0 Å². The van der Waals surface area contributed by atoms with Crippen molar-refractivity contribution in [1.29, 1.82) is 0 Å². The van der Waals surface area contributed by atoms with Gasteiger partial charge in [0.1, 0.15) is 5.75 Å². The fraction of sp³-hybridized carbons (Fsp3) is 0.312. The van der Waals surface area contributed by atoms with Gasteiger partial charge in [0.2, 0.25) is 0 Å². The lowest BCUT2D eigenvalue weighted by Gasteiger charge is -2.12. The van der Waals surface area contributed by atoms with Crippen molar-refractivity contribution in [2.75, 3.05) is 6.61 Å². The van der Waals surface area contributed by atoms with Crippen LogP contribution in [-0.2, 0) is 6.42 Å². The predicted octanol–water partition coefficient (Wildman–Crippen LogP) is 3.15. The second kappa shape index (κ2) is 6.90. The van der Waals surface area contributed by atoms with Crippen LogP contribution < -0.4 is 4.74 Å². The Morgan fingerprint density at radius 2 is 2.00 bits per heavy atom. The highest BCUT2D eigenvalue weighted by molar-refractivity contribution is 5.30. The molecule has 0 bridgehead atoms. The van der Waals surface area contributed by atoms with Crippen LogP contribution in [0.4, 0.5) is 0 Å². The lowest BCUT2D eigenvalue weighted by atomic mass is 10.0. The molecule has 0 saturated carbocycles. The Morgan fingerprint density at radius 1 is 1.21 bits per heavy atom. The monoisotopic (exact) mass is 257 g/mol. The van der Waals surface area contributed by atoms with Crippen molar-refractivity contribution in [2.24, 2.45) is 0 Å². The number of nitrogens with zero attached hydrogens (tertiary/aromatic N) is 1. The van der Waals surface area contributed by atoms with Crippen LogP contribution in [0.3, 0.4) is 0 Å². The number of rotatable bonds is 6. The lowest BCUT2D eigenvalue weighted by Crippen LogP contribution is -2.01. The van der Waals surface area contributed by atoms with E-state index in [-0.39, 0.29) is 0 Å². The molecule has 1 unspecified atom stereocenters. The quantitative estimate of drug-likeness (QED) is 0.864. The number of aliphatic hydroxyl groups is 1. The van der Waals surface area contributed by atoms with Crippen LogP contribution in [-0.4, -0.2) is 16.7 Å². The average Bonchev–Trinajstić information content (AvgIpc) is 2.46. The van der Waals surface area contributed by atoms with E-state index in [0.717, 1.165) is 17.7 Å². The topological polar surface area (TPSA) is 42.4 Å². The molecule has 1 N–H and O–H groups in total. The highest BCUT2D eigenvalue weighted by Crippen LogP contribution is 2.23. The van der Waals surface area contributed by atoms with Gasteiger partial charge in [-0.3, -0.25) is 4.98 Å². The van der Waals surface area contributed by atoms with Crippen LogP contribution in [0, 0.1) is 0 Å². The highest BCUT2D eigenvalue weighted by Gasteiger charge is 2.08. The summed E-state index contributed by atoms with van der Waals surface area (Å²) >= 11 is 0. The lowest BCUT2D eigenvalue weighted by molar-refractivity contribution is 0.167. The Kier molecular flexibility index (Phi) is 4.93. The summed E-state index contributed by atoms with van der Waals surface area (Å²) in [5.74, 6) is 0.808. The molecule has 0 spiro atoms. The minimum absolute atomic E-state index is 0.464.